The smallest absolute Gasteiger partial charge is 0.387 e. The first-order valence-electron chi connectivity index (χ1n) is 6.13. The van der Waals surface area contributed by atoms with E-state index in [1.165, 1.54) is 36.4 Å². The molecule has 0 unspecified atom stereocenters. The van der Waals surface area contributed by atoms with E-state index in [4.69, 9.17) is 11.6 Å². The van der Waals surface area contributed by atoms with E-state index in [-0.39, 0.29) is 16.3 Å². The molecular weight excluding hydrogens is 336 g/mol. The van der Waals surface area contributed by atoms with E-state index in [0.717, 1.165) is 0 Å². The topological polar surface area (TPSA) is 55.4 Å². The number of hydrogen-bond donors (Lipinski definition) is 1. The second kappa shape index (κ2) is 6.50. The maximum Gasteiger partial charge on any atom is 0.387 e. The lowest BCUT2D eigenvalue weighted by Gasteiger charge is -2.14. The molecule has 0 saturated carbocycles. The summed E-state index contributed by atoms with van der Waals surface area (Å²) in [7, 11) is -3.98. The fourth-order valence-corrected chi connectivity index (χ4v) is 3.40. The Labute approximate surface area is 131 Å². The van der Waals surface area contributed by atoms with Gasteiger partial charge in [0.15, 0.2) is 0 Å². The van der Waals surface area contributed by atoms with E-state index in [9.17, 15) is 17.2 Å². The molecule has 0 atom stereocenters. The zero-order valence-electron chi connectivity index (χ0n) is 11.4. The highest BCUT2D eigenvalue weighted by Crippen LogP contribution is 2.30. The highest BCUT2D eigenvalue weighted by molar-refractivity contribution is 7.92. The SMILES string of the molecule is Cc1c(Cl)cccc1S(=O)(=O)Nc1ccccc1OC(F)F. The average Bonchev–Trinajstić information content (AvgIpc) is 2.43. The minimum atomic E-state index is -3.98. The van der Waals surface area contributed by atoms with Gasteiger partial charge in [0.05, 0.1) is 10.6 Å². The van der Waals surface area contributed by atoms with Crippen LogP contribution in [-0.2, 0) is 10.0 Å². The Morgan fingerprint density at radius 1 is 1.14 bits per heavy atom. The normalized spacial score (nSPS) is 11.5. The predicted octanol–water partition coefficient (Wildman–Crippen LogP) is 4.05. The largest absolute Gasteiger partial charge is 0.433 e. The number of halogens is 3. The van der Waals surface area contributed by atoms with Crippen molar-refractivity contribution in [1.29, 1.82) is 0 Å². The summed E-state index contributed by atoms with van der Waals surface area (Å²) in [5, 5.41) is 0.292. The van der Waals surface area contributed by atoms with Gasteiger partial charge in [0, 0.05) is 5.02 Å². The van der Waals surface area contributed by atoms with Gasteiger partial charge in [-0.3, -0.25) is 4.72 Å². The quantitative estimate of drug-likeness (QED) is 0.887. The van der Waals surface area contributed by atoms with E-state index in [1.807, 2.05) is 0 Å². The lowest BCUT2D eigenvalue weighted by atomic mass is 10.2. The number of hydrogen-bond acceptors (Lipinski definition) is 3. The highest BCUT2D eigenvalue weighted by Gasteiger charge is 2.20. The minimum Gasteiger partial charge on any atom is -0.433 e. The predicted molar refractivity (Wildman–Crippen MR) is 80.1 cm³/mol. The average molecular weight is 348 g/mol. The molecule has 0 amide bonds. The zero-order chi connectivity index (χ0) is 16.3. The van der Waals surface area contributed by atoms with Crippen LogP contribution in [0.25, 0.3) is 0 Å². The Balaban J connectivity index is 2.40. The first-order valence-corrected chi connectivity index (χ1v) is 7.99. The van der Waals surface area contributed by atoms with Crippen molar-refractivity contribution < 1.29 is 21.9 Å². The molecule has 0 radical (unpaired) electrons. The first kappa shape index (κ1) is 16.5. The van der Waals surface area contributed by atoms with Crippen molar-refractivity contribution in [3.63, 3.8) is 0 Å². The van der Waals surface area contributed by atoms with Gasteiger partial charge >= 0.3 is 6.61 Å². The third-order valence-corrected chi connectivity index (χ3v) is 4.77. The third-order valence-electron chi connectivity index (χ3n) is 2.85. The number of rotatable bonds is 5. The zero-order valence-corrected chi connectivity index (χ0v) is 13.0. The Hall–Kier alpha value is -1.86. The summed E-state index contributed by atoms with van der Waals surface area (Å²) in [6.07, 6.45) is 0. The van der Waals surface area contributed by atoms with Gasteiger partial charge in [-0.2, -0.15) is 8.78 Å². The number of ether oxygens (including phenoxy) is 1. The van der Waals surface area contributed by atoms with E-state index >= 15 is 0 Å². The summed E-state index contributed by atoms with van der Waals surface area (Å²) >= 11 is 5.91. The van der Waals surface area contributed by atoms with Crippen LogP contribution in [0.1, 0.15) is 5.56 Å². The van der Waals surface area contributed by atoms with Crippen LogP contribution in [0.4, 0.5) is 14.5 Å². The Kier molecular flexibility index (Phi) is 4.87. The molecule has 0 bridgehead atoms. The van der Waals surface area contributed by atoms with Crippen LogP contribution in [0.15, 0.2) is 47.4 Å². The molecule has 0 aromatic heterocycles. The van der Waals surface area contributed by atoms with Gasteiger partial charge in [-0.15, -0.1) is 0 Å². The maximum atomic E-state index is 12.4. The number of alkyl halides is 2. The Bertz CT molecular complexity index is 781. The molecule has 0 aliphatic heterocycles. The second-order valence-corrected chi connectivity index (χ2v) is 6.40. The number of anilines is 1. The fourth-order valence-electron chi connectivity index (χ4n) is 1.83. The van der Waals surface area contributed by atoms with Crippen molar-refractivity contribution >= 4 is 27.3 Å². The molecular formula is C14H12ClF2NO3S. The van der Waals surface area contributed by atoms with Crippen molar-refractivity contribution in [2.75, 3.05) is 4.72 Å². The van der Waals surface area contributed by atoms with Gasteiger partial charge in [0.1, 0.15) is 5.75 Å². The molecule has 0 saturated heterocycles. The van der Waals surface area contributed by atoms with Crippen LogP contribution < -0.4 is 9.46 Å². The standard InChI is InChI=1S/C14H12ClF2NO3S/c1-9-10(15)5-4-8-13(9)22(19,20)18-11-6-2-3-7-12(11)21-14(16)17/h2-8,14,18H,1H3. The number of benzene rings is 2. The molecule has 2 aromatic carbocycles. The molecule has 8 heteroatoms. The summed E-state index contributed by atoms with van der Waals surface area (Å²) in [4.78, 5) is -0.0353. The number of sulfonamides is 1. The van der Waals surface area contributed by atoms with Crippen LogP contribution in [-0.4, -0.2) is 15.0 Å². The summed E-state index contributed by atoms with van der Waals surface area (Å²) in [5.41, 5.74) is 0.283. The van der Waals surface area contributed by atoms with E-state index in [2.05, 4.69) is 9.46 Å². The molecule has 0 spiro atoms. The van der Waals surface area contributed by atoms with Crippen molar-refractivity contribution in [2.24, 2.45) is 0 Å². The maximum absolute atomic E-state index is 12.4. The molecule has 0 heterocycles. The van der Waals surface area contributed by atoms with Gasteiger partial charge in [-0.25, -0.2) is 8.42 Å². The van der Waals surface area contributed by atoms with Crippen molar-refractivity contribution in [1.82, 2.24) is 0 Å². The van der Waals surface area contributed by atoms with Gasteiger partial charge in [-0.05, 0) is 36.8 Å². The van der Waals surface area contributed by atoms with Gasteiger partial charge < -0.3 is 4.74 Å². The van der Waals surface area contributed by atoms with Crippen molar-refractivity contribution in [3.8, 4) is 5.75 Å². The summed E-state index contributed by atoms with van der Waals surface area (Å²) in [6.45, 7) is -1.50. The third kappa shape index (κ3) is 3.66. The number of para-hydroxylation sites is 2. The summed E-state index contributed by atoms with van der Waals surface area (Å²) in [5.74, 6) is -0.263. The van der Waals surface area contributed by atoms with Crippen LogP contribution in [0.2, 0.25) is 5.02 Å². The van der Waals surface area contributed by atoms with Gasteiger partial charge in [0.2, 0.25) is 0 Å². The first-order chi connectivity index (χ1) is 10.3. The van der Waals surface area contributed by atoms with Crippen LogP contribution in [0.3, 0.4) is 0 Å². The summed E-state index contributed by atoms with van der Waals surface area (Å²) in [6, 6.07) is 9.96. The van der Waals surface area contributed by atoms with E-state index in [1.54, 1.807) is 13.0 Å². The van der Waals surface area contributed by atoms with Crippen molar-refractivity contribution in [2.45, 2.75) is 18.4 Å². The fraction of sp³-hybridized carbons (Fsp3) is 0.143. The van der Waals surface area contributed by atoms with Crippen LogP contribution in [0.5, 0.6) is 5.75 Å². The molecule has 118 valence electrons. The molecule has 2 rings (SSSR count). The summed E-state index contributed by atoms with van der Waals surface area (Å²) < 4.78 is 56.0. The highest BCUT2D eigenvalue weighted by atomic mass is 35.5. The molecule has 0 fully saturated rings. The molecule has 0 aliphatic carbocycles. The number of nitrogens with one attached hydrogen (secondary N) is 1. The van der Waals surface area contributed by atoms with Gasteiger partial charge in [0.25, 0.3) is 10.0 Å². The molecule has 0 aliphatic rings. The van der Waals surface area contributed by atoms with E-state index in [0.29, 0.717) is 10.6 Å². The lowest BCUT2D eigenvalue weighted by molar-refractivity contribution is -0.0493. The monoisotopic (exact) mass is 347 g/mol. The molecule has 2 aromatic rings. The second-order valence-electron chi connectivity index (χ2n) is 4.34. The Morgan fingerprint density at radius 3 is 2.50 bits per heavy atom. The van der Waals surface area contributed by atoms with Crippen LogP contribution in [0, 0.1) is 6.92 Å². The van der Waals surface area contributed by atoms with Crippen molar-refractivity contribution in [3.05, 3.63) is 53.1 Å². The van der Waals surface area contributed by atoms with Gasteiger partial charge in [-0.1, -0.05) is 29.8 Å². The molecule has 1 N–H and O–H groups in total. The molecule has 4 nitrogen and oxygen atoms in total. The van der Waals surface area contributed by atoms with E-state index < -0.39 is 16.6 Å². The van der Waals surface area contributed by atoms with Crippen LogP contribution >= 0.6 is 11.6 Å². The molecule has 22 heavy (non-hydrogen) atoms. The lowest BCUT2D eigenvalue weighted by Crippen LogP contribution is -2.15. The minimum absolute atomic E-state index is 0.0353. The Morgan fingerprint density at radius 2 is 1.82 bits per heavy atom.